The standard InChI is InChI=1S/C25H30ClN5O5S/c1-34-18-10-19(35-2)16(26)9-13(18)7-8-25(14-5-3-4-6-14)11-17(32)20(23(33)36-25)37-24-30-21(28)15(12-27)22(29)31-24/h9-10,12,14,27,32H,3-8,11H2,1-2H3,(H4,28,29,30,31). The molecule has 1 aliphatic carbocycles. The van der Waals surface area contributed by atoms with Gasteiger partial charge in [0, 0.05) is 18.7 Å². The molecular weight excluding hydrogens is 518 g/mol. The summed E-state index contributed by atoms with van der Waals surface area (Å²) in [6.07, 6.45) is 6.03. The molecule has 4 rings (SSSR count). The highest BCUT2D eigenvalue weighted by Crippen LogP contribution is 2.48. The van der Waals surface area contributed by atoms with E-state index in [4.69, 9.17) is 42.7 Å². The van der Waals surface area contributed by atoms with Gasteiger partial charge >= 0.3 is 5.97 Å². The number of carbonyl (C=O) groups is 1. The van der Waals surface area contributed by atoms with Crippen LogP contribution in [0.25, 0.3) is 0 Å². The zero-order valence-electron chi connectivity index (χ0n) is 20.7. The lowest BCUT2D eigenvalue weighted by molar-refractivity contribution is -0.166. The SMILES string of the molecule is COc1cc(OC)c(CCC2(C3CCCC3)CC(O)=C(Sc3nc(N)c(C=N)c(N)n3)C(=O)O2)cc1Cl. The number of halogens is 1. The zero-order valence-corrected chi connectivity index (χ0v) is 22.2. The Hall–Kier alpha value is -3.18. The van der Waals surface area contributed by atoms with E-state index < -0.39 is 11.6 Å². The van der Waals surface area contributed by atoms with Crippen molar-refractivity contribution in [2.24, 2.45) is 5.92 Å². The Kier molecular flexibility index (Phi) is 8.03. The maximum absolute atomic E-state index is 13.3. The molecule has 0 spiro atoms. The summed E-state index contributed by atoms with van der Waals surface area (Å²) in [5, 5.41) is 19.0. The summed E-state index contributed by atoms with van der Waals surface area (Å²) in [5.41, 5.74) is 11.9. The van der Waals surface area contributed by atoms with Crippen molar-refractivity contribution in [3.63, 3.8) is 0 Å². The number of methoxy groups -OCH3 is 2. The Balaban J connectivity index is 1.62. The molecule has 12 heteroatoms. The number of aryl methyl sites for hydroxylation is 1. The van der Waals surface area contributed by atoms with Gasteiger partial charge in [0.05, 0.1) is 24.8 Å². The number of nitrogen functional groups attached to an aromatic ring is 2. The topological polar surface area (TPSA) is 167 Å². The Labute approximate surface area is 224 Å². The number of hydrogen-bond donors (Lipinski definition) is 4. The van der Waals surface area contributed by atoms with E-state index in [9.17, 15) is 9.90 Å². The minimum atomic E-state index is -0.873. The predicted molar refractivity (Wildman–Crippen MR) is 143 cm³/mol. The normalized spacial score (nSPS) is 20.1. The van der Waals surface area contributed by atoms with E-state index >= 15 is 0 Å². The van der Waals surface area contributed by atoms with Gasteiger partial charge in [-0.2, -0.15) is 0 Å². The average Bonchev–Trinajstić information content (AvgIpc) is 3.41. The van der Waals surface area contributed by atoms with Gasteiger partial charge < -0.3 is 36.2 Å². The Bertz CT molecular complexity index is 1230. The highest BCUT2D eigenvalue weighted by molar-refractivity contribution is 8.03. The van der Waals surface area contributed by atoms with Crippen LogP contribution >= 0.6 is 23.4 Å². The van der Waals surface area contributed by atoms with Gasteiger partial charge in [-0.05, 0) is 55.0 Å². The minimum Gasteiger partial charge on any atom is -0.511 e. The second-order valence-electron chi connectivity index (χ2n) is 9.12. The first-order valence-corrected chi connectivity index (χ1v) is 13.1. The third kappa shape index (κ3) is 5.42. The van der Waals surface area contributed by atoms with Gasteiger partial charge in [-0.15, -0.1) is 0 Å². The van der Waals surface area contributed by atoms with Crippen LogP contribution in [0.4, 0.5) is 11.6 Å². The lowest BCUT2D eigenvalue weighted by Crippen LogP contribution is -2.45. The number of aliphatic hydroxyl groups excluding tert-OH is 1. The van der Waals surface area contributed by atoms with Crippen molar-refractivity contribution in [2.75, 3.05) is 25.7 Å². The molecule has 1 aromatic carbocycles. The van der Waals surface area contributed by atoms with Crippen LogP contribution in [0, 0.1) is 11.3 Å². The van der Waals surface area contributed by atoms with Gasteiger partial charge in [0.15, 0.2) is 5.16 Å². The van der Waals surface area contributed by atoms with E-state index in [1.54, 1.807) is 19.2 Å². The fraction of sp³-hybridized carbons (Fsp3) is 0.440. The van der Waals surface area contributed by atoms with Crippen LogP contribution in [0.2, 0.25) is 5.02 Å². The van der Waals surface area contributed by atoms with Crippen LogP contribution in [0.3, 0.4) is 0 Å². The van der Waals surface area contributed by atoms with Crippen LogP contribution in [0.5, 0.6) is 11.5 Å². The number of benzene rings is 1. The third-order valence-electron chi connectivity index (χ3n) is 7.00. The number of aromatic nitrogens is 2. The lowest BCUT2D eigenvalue weighted by Gasteiger charge is -2.41. The van der Waals surface area contributed by atoms with Crippen molar-refractivity contribution in [1.82, 2.24) is 9.97 Å². The minimum absolute atomic E-state index is 0.0000903. The summed E-state index contributed by atoms with van der Waals surface area (Å²) in [5.74, 6) is 0.558. The molecule has 1 saturated carbocycles. The van der Waals surface area contributed by atoms with Crippen molar-refractivity contribution >= 4 is 47.2 Å². The van der Waals surface area contributed by atoms with Crippen LogP contribution in [0.15, 0.2) is 28.0 Å². The molecular formula is C25H30ClN5O5S. The fourth-order valence-electron chi connectivity index (χ4n) is 5.10. The van der Waals surface area contributed by atoms with Crippen molar-refractivity contribution < 1.29 is 24.1 Å². The summed E-state index contributed by atoms with van der Waals surface area (Å²) in [4.78, 5) is 21.5. The van der Waals surface area contributed by atoms with E-state index in [1.807, 2.05) is 0 Å². The number of cyclic esters (lactones) is 1. The van der Waals surface area contributed by atoms with Gasteiger partial charge in [0.1, 0.15) is 39.4 Å². The van der Waals surface area contributed by atoms with E-state index in [1.165, 1.54) is 7.11 Å². The van der Waals surface area contributed by atoms with Crippen molar-refractivity contribution in [3.05, 3.63) is 38.9 Å². The molecule has 37 heavy (non-hydrogen) atoms. The second kappa shape index (κ2) is 11.1. The first kappa shape index (κ1) is 26.9. The van der Waals surface area contributed by atoms with Crippen LogP contribution in [-0.2, 0) is 16.0 Å². The molecule has 198 valence electrons. The van der Waals surface area contributed by atoms with Crippen LogP contribution < -0.4 is 20.9 Å². The zero-order chi connectivity index (χ0) is 26.7. The van der Waals surface area contributed by atoms with Crippen LogP contribution in [-0.4, -0.2) is 47.1 Å². The van der Waals surface area contributed by atoms with Gasteiger partial charge in [-0.3, -0.25) is 0 Å². The first-order chi connectivity index (χ1) is 17.7. The quantitative estimate of drug-likeness (QED) is 0.196. The number of aliphatic hydroxyl groups is 1. The summed E-state index contributed by atoms with van der Waals surface area (Å²) >= 11 is 7.21. The molecule has 1 unspecified atom stereocenters. The number of hydrogen-bond acceptors (Lipinski definition) is 11. The first-order valence-electron chi connectivity index (χ1n) is 11.9. The van der Waals surface area contributed by atoms with E-state index in [0.29, 0.717) is 29.4 Å². The molecule has 0 saturated heterocycles. The van der Waals surface area contributed by atoms with Crippen molar-refractivity contribution in [2.45, 2.75) is 55.7 Å². The maximum Gasteiger partial charge on any atom is 0.349 e. The number of nitrogens with one attached hydrogen (secondary N) is 1. The Morgan fingerprint density at radius 1 is 1.22 bits per heavy atom. The monoisotopic (exact) mass is 547 g/mol. The largest absolute Gasteiger partial charge is 0.511 e. The summed E-state index contributed by atoms with van der Waals surface area (Å²) in [6, 6.07) is 3.54. The molecule has 2 heterocycles. The van der Waals surface area contributed by atoms with Crippen LogP contribution in [0.1, 0.15) is 49.7 Å². The second-order valence-corrected chi connectivity index (χ2v) is 10.5. The van der Waals surface area contributed by atoms with Crippen molar-refractivity contribution in [1.29, 1.82) is 5.41 Å². The number of carbonyl (C=O) groups excluding carboxylic acids is 1. The van der Waals surface area contributed by atoms with E-state index in [0.717, 1.165) is 49.2 Å². The number of nitrogens with zero attached hydrogens (tertiary/aromatic N) is 2. The molecule has 10 nitrogen and oxygen atoms in total. The van der Waals surface area contributed by atoms with Gasteiger partial charge in [0.2, 0.25) is 0 Å². The predicted octanol–water partition coefficient (Wildman–Crippen LogP) is 4.68. The Morgan fingerprint density at radius 3 is 2.43 bits per heavy atom. The molecule has 0 radical (unpaired) electrons. The highest BCUT2D eigenvalue weighted by atomic mass is 35.5. The lowest BCUT2D eigenvalue weighted by atomic mass is 9.77. The van der Waals surface area contributed by atoms with Gasteiger partial charge in [-0.1, -0.05) is 24.4 Å². The molecule has 0 bridgehead atoms. The summed E-state index contributed by atoms with van der Waals surface area (Å²) in [7, 11) is 3.12. The molecule has 1 aromatic heterocycles. The molecule has 2 aliphatic rings. The number of esters is 1. The molecule has 1 aliphatic heterocycles. The molecule has 0 amide bonds. The van der Waals surface area contributed by atoms with E-state index in [2.05, 4.69) is 9.97 Å². The summed E-state index contributed by atoms with van der Waals surface area (Å²) < 4.78 is 17.0. The van der Waals surface area contributed by atoms with Gasteiger partial charge in [0.25, 0.3) is 0 Å². The molecule has 6 N–H and O–H groups in total. The molecule has 1 fully saturated rings. The number of thioether (sulfide) groups is 1. The number of rotatable bonds is 9. The maximum atomic E-state index is 13.3. The highest BCUT2D eigenvalue weighted by Gasteiger charge is 2.48. The number of ether oxygens (including phenoxy) is 3. The summed E-state index contributed by atoms with van der Waals surface area (Å²) in [6.45, 7) is 0. The smallest absolute Gasteiger partial charge is 0.349 e. The average molecular weight is 548 g/mol. The van der Waals surface area contributed by atoms with E-state index in [-0.39, 0.29) is 45.4 Å². The molecule has 2 aromatic rings. The number of nitrogens with two attached hydrogens (primary N) is 2. The third-order valence-corrected chi connectivity index (χ3v) is 8.27. The number of anilines is 2. The fourth-order valence-corrected chi connectivity index (χ4v) is 6.15. The van der Waals surface area contributed by atoms with Crippen molar-refractivity contribution in [3.8, 4) is 11.5 Å². The Morgan fingerprint density at radius 2 is 1.86 bits per heavy atom. The molecule has 1 atom stereocenters. The van der Waals surface area contributed by atoms with Gasteiger partial charge in [-0.25, -0.2) is 14.8 Å².